The Morgan fingerprint density at radius 2 is 1.94 bits per heavy atom. The van der Waals surface area contributed by atoms with Gasteiger partial charge in [-0.25, -0.2) is 0 Å². The largest absolute Gasteiger partial charge is 0.417 e. The molecule has 0 aliphatic carbocycles. The Labute approximate surface area is 92.8 Å². The van der Waals surface area contributed by atoms with Gasteiger partial charge in [-0.3, -0.25) is 15.1 Å². The molecule has 7 heteroatoms. The second kappa shape index (κ2) is 3.69. The molecule has 0 unspecified atom stereocenters. The van der Waals surface area contributed by atoms with Gasteiger partial charge < -0.3 is 0 Å². The molecule has 0 radical (unpaired) electrons. The molecule has 0 bridgehead atoms. The van der Waals surface area contributed by atoms with Gasteiger partial charge in [0.1, 0.15) is 0 Å². The van der Waals surface area contributed by atoms with E-state index in [2.05, 4.69) is 4.98 Å². The average Bonchev–Trinajstić information content (AvgIpc) is 2.26. The van der Waals surface area contributed by atoms with Gasteiger partial charge in [-0.1, -0.05) is 0 Å². The zero-order valence-electron chi connectivity index (χ0n) is 8.23. The molecule has 0 aliphatic rings. The van der Waals surface area contributed by atoms with Crippen molar-refractivity contribution in [1.82, 2.24) is 4.98 Å². The molecule has 1 aromatic carbocycles. The van der Waals surface area contributed by atoms with Crippen LogP contribution in [0.15, 0.2) is 30.5 Å². The molecular weight excluding hydrogens is 237 g/mol. The summed E-state index contributed by atoms with van der Waals surface area (Å²) >= 11 is 0. The number of pyridine rings is 1. The first-order valence-corrected chi connectivity index (χ1v) is 4.50. The average molecular weight is 242 g/mol. The molecule has 17 heavy (non-hydrogen) atoms. The highest BCUT2D eigenvalue weighted by Gasteiger charge is 2.33. The Morgan fingerprint density at radius 1 is 1.24 bits per heavy atom. The normalized spacial score (nSPS) is 11.7. The number of hydrogen-bond donors (Lipinski definition) is 0. The van der Waals surface area contributed by atoms with Gasteiger partial charge in [-0.15, -0.1) is 0 Å². The number of fused-ring (bicyclic) bond motifs is 1. The summed E-state index contributed by atoms with van der Waals surface area (Å²) in [7, 11) is 0. The molecular formula is C10H5F3N2O2. The van der Waals surface area contributed by atoms with Gasteiger partial charge >= 0.3 is 6.18 Å². The van der Waals surface area contributed by atoms with Gasteiger partial charge in [0.2, 0.25) is 0 Å². The van der Waals surface area contributed by atoms with Crippen molar-refractivity contribution in [2.24, 2.45) is 0 Å². The Kier molecular flexibility index (Phi) is 2.45. The molecule has 88 valence electrons. The predicted octanol–water partition coefficient (Wildman–Crippen LogP) is 3.16. The molecule has 0 saturated heterocycles. The highest BCUT2D eigenvalue weighted by Crippen LogP contribution is 2.35. The number of benzene rings is 1. The van der Waals surface area contributed by atoms with Crippen molar-refractivity contribution < 1.29 is 18.1 Å². The van der Waals surface area contributed by atoms with E-state index >= 15 is 0 Å². The first-order valence-electron chi connectivity index (χ1n) is 4.50. The highest BCUT2D eigenvalue weighted by molar-refractivity contribution is 5.84. The van der Waals surface area contributed by atoms with E-state index in [1.54, 1.807) is 0 Å². The first-order chi connectivity index (χ1) is 7.89. The lowest BCUT2D eigenvalue weighted by atomic mass is 10.1. The van der Waals surface area contributed by atoms with Crippen LogP contribution in [0.2, 0.25) is 0 Å². The molecule has 0 aliphatic heterocycles. The van der Waals surface area contributed by atoms with Crippen molar-refractivity contribution >= 4 is 16.6 Å². The Balaban J connectivity index is 2.77. The summed E-state index contributed by atoms with van der Waals surface area (Å²) in [6.07, 6.45) is -3.53. The molecule has 1 heterocycles. The van der Waals surface area contributed by atoms with Crippen LogP contribution in [0.4, 0.5) is 18.9 Å². The number of hydrogen-bond acceptors (Lipinski definition) is 3. The summed E-state index contributed by atoms with van der Waals surface area (Å²) in [4.78, 5) is 13.5. The van der Waals surface area contributed by atoms with Crippen molar-refractivity contribution in [3.8, 4) is 0 Å². The third-order valence-corrected chi connectivity index (χ3v) is 2.24. The standard InChI is InChI=1S/C10H5F3N2O2/c11-10(12,13)8-3-4-14-9-2-1-6(15(16)17)5-7(8)9/h1-5H. The molecule has 2 aromatic rings. The number of halogens is 3. The van der Waals surface area contributed by atoms with Gasteiger partial charge in [0.15, 0.2) is 0 Å². The fourth-order valence-corrected chi connectivity index (χ4v) is 1.49. The van der Waals surface area contributed by atoms with Crippen molar-refractivity contribution in [1.29, 1.82) is 0 Å². The van der Waals surface area contributed by atoms with E-state index in [0.717, 1.165) is 24.4 Å². The maximum Gasteiger partial charge on any atom is 0.417 e. The van der Waals surface area contributed by atoms with Gasteiger partial charge in [0, 0.05) is 23.7 Å². The van der Waals surface area contributed by atoms with E-state index in [1.807, 2.05) is 0 Å². The fraction of sp³-hybridized carbons (Fsp3) is 0.100. The minimum absolute atomic E-state index is 0.0745. The smallest absolute Gasteiger partial charge is 0.258 e. The summed E-state index contributed by atoms with van der Waals surface area (Å²) in [5, 5.41) is 10.2. The van der Waals surface area contributed by atoms with E-state index in [0.29, 0.717) is 0 Å². The maximum atomic E-state index is 12.7. The molecule has 0 saturated carbocycles. The third-order valence-electron chi connectivity index (χ3n) is 2.24. The number of nitro benzene ring substituents is 1. The summed E-state index contributed by atoms with van der Waals surface area (Å²) in [6.45, 7) is 0. The lowest BCUT2D eigenvalue weighted by molar-refractivity contribution is -0.384. The van der Waals surface area contributed by atoms with E-state index < -0.39 is 22.4 Å². The minimum Gasteiger partial charge on any atom is -0.258 e. The Bertz CT molecular complexity index is 596. The first kappa shape index (κ1) is 11.3. The zero-order chi connectivity index (χ0) is 12.6. The molecule has 2 rings (SSSR count). The van der Waals surface area contributed by atoms with Crippen molar-refractivity contribution in [2.75, 3.05) is 0 Å². The molecule has 1 aromatic heterocycles. The van der Waals surface area contributed by atoms with Gasteiger partial charge in [0.05, 0.1) is 16.0 Å². The van der Waals surface area contributed by atoms with E-state index in [1.165, 1.54) is 6.07 Å². The Morgan fingerprint density at radius 3 is 2.53 bits per heavy atom. The summed E-state index contributed by atoms with van der Waals surface area (Å²) in [6, 6.07) is 4.00. The summed E-state index contributed by atoms with van der Waals surface area (Å²) < 4.78 is 38.0. The number of alkyl halides is 3. The van der Waals surface area contributed by atoms with Crippen molar-refractivity contribution in [3.05, 3.63) is 46.1 Å². The van der Waals surface area contributed by atoms with Crippen LogP contribution in [0, 0.1) is 10.1 Å². The number of rotatable bonds is 1. The highest BCUT2D eigenvalue weighted by atomic mass is 19.4. The lowest BCUT2D eigenvalue weighted by Gasteiger charge is -2.09. The van der Waals surface area contributed by atoms with Gasteiger partial charge in [-0.05, 0) is 12.1 Å². The predicted molar refractivity (Wildman–Crippen MR) is 53.4 cm³/mol. The van der Waals surface area contributed by atoms with E-state index in [-0.39, 0.29) is 10.9 Å². The van der Waals surface area contributed by atoms with Crippen molar-refractivity contribution in [2.45, 2.75) is 6.18 Å². The molecule has 0 spiro atoms. The van der Waals surface area contributed by atoms with Crippen LogP contribution in [0.1, 0.15) is 5.56 Å². The number of non-ortho nitro benzene ring substituents is 1. The second-order valence-corrected chi connectivity index (χ2v) is 3.31. The number of aromatic nitrogens is 1. The Hall–Kier alpha value is -2.18. The SMILES string of the molecule is O=[N+]([O-])c1ccc2nccc(C(F)(F)F)c2c1. The molecule has 0 atom stereocenters. The summed E-state index contributed by atoms with van der Waals surface area (Å²) in [5.74, 6) is 0. The maximum absolute atomic E-state index is 12.7. The van der Waals surface area contributed by atoms with Crippen LogP contribution in [-0.2, 0) is 6.18 Å². The fourth-order valence-electron chi connectivity index (χ4n) is 1.49. The van der Waals surface area contributed by atoms with Crippen molar-refractivity contribution in [3.63, 3.8) is 0 Å². The van der Waals surface area contributed by atoms with E-state index in [4.69, 9.17) is 0 Å². The zero-order valence-corrected chi connectivity index (χ0v) is 8.23. The third kappa shape index (κ3) is 2.03. The second-order valence-electron chi connectivity index (χ2n) is 3.31. The quantitative estimate of drug-likeness (QED) is 0.570. The summed E-state index contributed by atoms with van der Waals surface area (Å²) in [5.41, 5.74) is -1.24. The van der Waals surface area contributed by atoms with Gasteiger partial charge in [0.25, 0.3) is 5.69 Å². The van der Waals surface area contributed by atoms with Crippen LogP contribution in [-0.4, -0.2) is 9.91 Å². The van der Waals surface area contributed by atoms with Gasteiger partial charge in [-0.2, -0.15) is 13.2 Å². The molecule has 0 fully saturated rings. The molecule has 0 amide bonds. The van der Waals surface area contributed by atoms with Crippen LogP contribution in [0.25, 0.3) is 10.9 Å². The molecule has 0 N–H and O–H groups in total. The lowest BCUT2D eigenvalue weighted by Crippen LogP contribution is -2.06. The topological polar surface area (TPSA) is 56.0 Å². The van der Waals surface area contributed by atoms with Crippen LogP contribution in [0.3, 0.4) is 0 Å². The minimum atomic E-state index is -4.56. The van der Waals surface area contributed by atoms with Crippen LogP contribution >= 0.6 is 0 Å². The van der Waals surface area contributed by atoms with Crippen LogP contribution in [0.5, 0.6) is 0 Å². The monoisotopic (exact) mass is 242 g/mol. The number of nitrogens with zero attached hydrogens (tertiary/aromatic N) is 2. The van der Waals surface area contributed by atoms with E-state index in [9.17, 15) is 23.3 Å². The molecule has 4 nitrogen and oxygen atoms in total. The van der Waals surface area contributed by atoms with Crippen LogP contribution < -0.4 is 0 Å². The number of nitro groups is 1.